The van der Waals surface area contributed by atoms with Crippen LogP contribution < -0.4 is 0 Å². The summed E-state index contributed by atoms with van der Waals surface area (Å²) in [7, 11) is 0. The van der Waals surface area contributed by atoms with E-state index in [-0.39, 0.29) is 6.10 Å². The number of carbonyl (C=O) groups excluding carboxylic acids is 1. The second-order valence-electron chi connectivity index (χ2n) is 5.54. The normalized spacial score (nSPS) is 14.9. The van der Waals surface area contributed by atoms with Gasteiger partial charge in [0.25, 0.3) is 0 Å². The summed E-state index contributed by atoms with van der Waals surface area (Å²) in [6.45, 7) is 16.2. The van der Waals surface area contributed by atoms with Crippen molar-refractivity contribution in [2.45, 2.75) is 71.7 Å². The van der Waals surface area contributed by atoms with Gasteiger partial charge in [-0.3, -0.25) is 0 Å². The highest BCUT2D eigenvalue weighted by atomic mass is 16.7. The minimum Gasteiger partial charge on any atom is -0.426 e. The second-order valence-corrected chi connectivity index (χ2v) is 5.54. The van der Waals surface area contributed by atoms with Crippen molar-refractivity contribution < 1.29 is 19.0 Å². The average Bonchev–Trinajstić information content (AvgIpc) is 2.47. The first-order valence-corrected chi connectivity index (χ1v) is 8.18. The lowest BCUT2D eigenvalue weighted by Gasteiger charge is -2.37. The van der Waals surface area contributed by atoms with E-state index in [4.69, 9.17) is 14.2 Å². The number of unbranched alkanes of at least 4 members (excludes halogenated alkanes) is 2. The van der Waals surface area contributed by atoms with Crippen molar-refractivity contribution >= 4 is 5.97 Å². The van der Waals surface area contributed by atoms with E-state index in [1.165, 1.54) is 0 Å². The fraction of sp³-hybridized carbons (Fsp3) is 0.722. The van der Waals surface area contributed by atoms with Gasteiger partial charge in [-0.2, -0.15) is 0 Å². The predicted octanol–water partition coefficient (Wildman–Crippen LogP) is 4.40. The predicted molar refractivity (Wildman–Crippen MR) is 89.6 cm³/mol. The lowest BCUT2D eigenvalue weighted by Crippen LogP contribution is -2.49. The number of esters is 1. The van der Waals surface area contributed by atoms with Gasteiger partial charge in [-0.15, -0.1) is 6.58 Å². The molecule has 2 atom stereocenters. The molecule has 0 rings (SSSR count). The van der Waals surface area contributed by atoms with E-state index < -0.39 is 11.8 Å². The second kappa shape index (κ2) is 11.4. The lowest BCUT2D eigenvalue weighted by molar-refractivity contribution is -0.272. The molecule has 0 radical (unpaired) electrons. The topological polar surface area (TPSA) is 44.8 Å². The zero-order chi connectivity index (χ0) is 17.0. The van der Waals surface area contributed by atoms with Crippen LogP contribution in [0, 0.1) is 0 Å². The van der Waals surface area contributed by atoms with E-state index in [1.807, 2.05) is 6.92 Å². The molecule has 2 unspecified atom stereocenters. The number of carbonyl (C=O) groups is 1. The first kappa shape index (κ1) is 20.9. The third-order valence-electron chi connectivity index (χ3n) is 3.37. The van der Waals surface area contributed by atoms with E-state index in [1.54, 1.807) is 13.0 Å². The van der Waals surface area contributed by atoms with Crippen LogP contribution >= 0.6 is 0 Å². The Morgan fingerprint density at radius 3 is 2.32 bits per heavy atom. The number of hydrogen-bond donors (Lipinski definition) is 0. The summed E-state index contributed by atoms with van der Waals surface area (Å²) in [5.41, 5.74) is 0.341. The molecule has 0 saturated carbocycles. The Hall–Kier alpha value is -1.13. The molecule has 0 spiro atoms. The van der Waals surface area contributed by atoms with Gasteiger partial charge in [-0.05, 0) is 26.7 Å². The summed E-state index contributed by atoms with van der Waals surface area (Å²) < 4.78 is 17.4. The van der Waals surface area contributed by atoms with Gasteiger partial charge < -0.3 is 14.2 Å². The largest absolute Gasteiger partial charge is 0.426 e. The maximum atomic E-state index is 12.0. The van der Waals surface area contributed by atoms with E-state index in [2.05, 4.69) is 27.0 Å². The molecule has 128 valence electrons. The first-order valence-electron chi connectivity index (χ1n) is 8.18. The van der Waals surface area contributed by atoms with Crippen molar-refractivity contribution in [2.75, 3.05) is 13.2 Å². The average molecular weight is 312 g/mol. The van der Waals surface area contributed by atoms with Gasteiger partial charge in [-0.25, -0.2) is 4.79 Å². The minimum atomic E-state index is -1.14. The van der Waals surface area contributed by atoms with Crippen molar-refractivity contribution in [1.29, 1.82) is 0 Å². The van der Waals surface area contributed by atoms with Gasteiger partial charge >= 0.3 is 5.97 Å². The molecule has 0 N–H and O–H groups in total. The Bertz CT molecular complexity index is 351. The van der Waals surface area contributed by atoms with Crippen LogP contribution in [0.2, 0.25) is 0 Å². The van der Waals surface area contributed by atoms with Crippen LogP contribution in [0.5, 0.6) is 0 Å². The molecule has 0 aromatic carbocycles. The van der Waals surface area contributed by atoms with Crippen LogP contribution in [-0.4, -0.2) is 31.1 Å². The van der Waals surface area contributed by atoms with Crippen LogP contribution in [0.3, 0.4) is 0 Å². The van der Waals surface area contributed by atoms with Crippen molar-refractivity contribution in [3.8, 4) is 0 Å². The molecule has 4 heteroatoms. The van der Waals surface area contributed by atoms with Crippen molar-refractivity contribution in [3.63, 3.8) is 0 Å². The monoisotopic (exact) mass is 312 g/mol. The number of rotatable bonds is 13. The Kier molecular flexibility index (Phi) is 10.9. The van der Waals surface area contributed by atoms with Crippen molar-refractivity contribution in [2.24, 2.45) is 0 Å². The molecule has 0 saturated heterocycles. The molecule has 22 heavy (non-hydrogen) atoms. The third-order valence-corrected chi connectivity index (χ3v) is 3.37. The van der Waals surface area contributed by atoms with Gasteiger partial charge in [0.05, 0.1) is 6.61 Å². The van der Waals surface area contributed by atoms with Crippen LogP contribution in [-0.2, 0) is 19.0 Å². The summed E-state index contributed by atoms with van der Waals surface area (Å²) >= 11 is 0. The lowest BCUT2D eigenvalue weighted by atomic mass is 10.1. The van der Waals surface area contributed by atoms with Crippen molar-refractivity contribution in [1.82, 2.24) is 0 Å². The fourth-order valence-electron chi connectivity index (χ4n) is 1.86. The Labute approximate surface area is 135 Å². The van der Waals surface area contributed by atoms with Crippen molar-refractivity contribution in [3.05, 3.63) is 24.8 Å². The molecular formula is C18H32O4. The van der Waals surface area contributed by atoms with Gasteiger partial charge in [0.15, 0.2) is 0 Å². The summed E-state index contributed by atoms with van der Waals surface area (Å²) in [5, 5.41) is 0. The molecule has 0 aromatic heterocycles. The van der Waals surface area contributed by atoms with Crippen LogP contribution in [0.25, 0.3) is 0 Å². The molecular weight excluding hydrogens is 280 g/mol. The fourth-order valence-corrected chi connectivity index (χ4v) is 1.86. The summed E-state index contributed by atoms with van der Waals surface area (Å²) in [5.74, 6) is -1.61. The summed E-state index contributed by atoms with van der Waals surface area (Å²) in [6, 6.07) is 0. The van der Waals surface area contributed by atoms with E-state index in [0.717, 1.165) is 25.7 Å². The molecule has 0 heterocycles. The number of ether oxygens (including phenoxy) is 3. The maximum Gasteiger partial charge on any atom is 0.335 e. The molecule has 0 fully saturated rings. The molecule has 0 aliphatic heterocycles. The molecule has 4 nitrogen and oxygen atoms in total. The highest BCUT2D eigenvalue weighted by Gasteiger charge is 2.41. The van der Waals surface area contributed by atoms with Gasteiger partial charge in [0.1, 0.15) is 6.10 Å². The smallest absolute Gasteiger partial charge is 0.335 e. The highest BCUT2D eigenvalue weighted by Crippen LogP contribution is 2.28. The number of hydrogen-bond acceptors (Lipinski definition) is 4. The molecule has 0 aliphatic carbocycles. The summed E-state index contributed by atoms with van der Waals surface area (Å²) in [6.07, 6.45) is 5.59. The first-order chi connectivity index (χ1) is 10.4. The molecule has 0 aromatic rings. The quantitative estimate of drug-likeness (QED) is 0.166. The Morgan fingerprint density at radius 1 is 1.23 bits per heavy atom. The Morgan fingerprint density at radius 2 is 1.82 bits per heavy atom. The van der Waals surface area contributed by atoms with E-state index >= 15 is 0 Å². The van der Waals surface area contributed by atoms with Gasteiger partial charge in [-0.1, -0.05) is 39.3 Å². The zero-order valence-electron chi connectivity index (χ0n) is 14.7. The van der Waals surface area contributed by atoms with Crippen LogP contribution in [0.15, 0.2) is 24.8 Å². The molecule has 0 aliphatic rings. The third kappa shape index (κ3) is 7.23. The van der Waals surface area contributed by atoms with E-state index in [9.17, 15) is 4.79 Å². The Balaban J connectivity index is 5.10. The van der Waals surface area contributed by atoms with E-state index in [0.29, 0.717) is 25.2 Å². The maximum absolute atomic E-state index is 12.0. The highest BCUT2D eigenvalue weighted by molar-refractivity contribution is 5.87. The van der Waals surface area contributed by atoms with Crippen LogP contribution in [0.1, 0.15) is 59.8 Å². The SMILES string of the molecule is C=CCC(OCCCC)(OC(=O)C(=C)C)C(C)OCCCC. The minimum absolute atomic E-state index is 0.341. The molecule has 0 amide bonds. The standard InChI is InChI=1S/C18H32O4/c1-7-10-13-20-16(6)18(12-9-3,21-14-11-8-2)22-17(19)15(4)5/h9,16H,3-4,7-8,10-14H2,1-2,5-6H3. The van der Waals surface area contributed by atoms with Crippen LogP contribution in [0.4, 0.5) is 0 Å². The zero-order valence-corrected chi connectivity index (χ0v) is 14.7. The van der Waals surface area contributed by atoms with Gasteiger partial charge in [0, 0.05) is 18.6 Å². The van der Waals surface area contributed by atoms with Gasteiger partial charge in [0.2, 0.25) is 5.79 Å². The molecule has 0 bridgehead atoms. The summed E-state index contributed by atoms with van der Waals surface area (Å²) in [4.78, 5) is 12.0.